The van der Waals surface area contributed by atoms with Gasteiger partial charge in [0.25, 0.3) is 0 Å². The molecule has 1 heterocycles. The second kappa shape index (κ2) is 5.99. The van der Waals surface area contributed by atoms with Crippen molar-refractivity contribution in [3.63, 3.8) is 0 Å². The predicted octanol–water partition coefficient (Wildman–Crippen LogP) is 1.87. The van der Waals surface area contributed by atoms with E-state index >= 15 is 0 Å². The van der Waals surface area contributed by atoms with Crippen molar-refractivity contribution in [2.24, 2.45) is 0 Å². The average Bonchev–Trinajstić information content (AvgIpc) is 2.23. The highest BCUT2D eigenvalue weighted by atomic mass is 16.5. The first-order chi connectivity index (χ1) is 7.44. The number of nitrogens with one attached hydrogen (secondary N) is 1. The lowest BCUT2D eigenvalue weighted by Crippen LogP contribution is -2.54. The molecule has 0 aliphatic carbocycles. The van der Waals surface area contributed by atoms with Crippen molar-refractivity contribution in [1.82, 2.24) is 10.2 Å². The third-order valence-electron chi connectivity index (χ3n) is 3.45. The molecular weight excluding hydrogens is 200 g/mol. The van der Waals surface area contributed by atoms with E-state index in [0.29, 0.717) is 12.1 Å². The molecule has 0 aromatic heterocycles. The minimum Gasteiger partial charge on any atom is -0.373 e. The molecule has 1 saturated heterocycles. The third-order valence-corrected chi connectivity index (χ3v) is 3.45. The summed E-state index contributed by atoms with van der Waals surface area (Å²) >= 11 is 0. The Balaban J connectivity index is 2.33. The highest BCUT2D eigenvalue weighted by Crippen LogP contribution is 2.18. The van der Waals surface area contributed by atoms with Crippen molar-refractivity contribution >= 4 is 0 Å². The van der Waals surface area contributed by atoms with Crippen LogP contribution in [0.3, 0.4) is 0 Å². The van der Waals surface area contributed by atoms with Crippen molar-refractivity contribution < 1.29 is 4.74 Å². The van der Waals surface area contributed by atoms with Crippen molar-refractivity contribution in [1.29, 1.82) is 0 Å². The molecule has 0 radical (unpaired) electrons. The fraction of sp³-hybridized carbons (Fsp3) is 1.00. The van der Waals surface area contributed by atoms with Crippen molar-refractivity contribution in [2.75, 3.05) is 26.2 Å². The van der Waals surface area contributed by atoms with Crippen LogP contribution in [0.25, 0.3) is 0 Å². The molecule has 16 heavy (non-hydrogen) atoms. The summed E-state index contributed by atoms with van der Waals surface area (Å²) in [4.78, 5) is 2.53. The van der Waals surface area contributed by atoms with Crippen LogP contribution in [0, 0.1) is 0 Å². The Bertz CT molecular complexity index is 206. The molecule has 0 aromatic carbocycles. The van der Waals surface area contributed by atoms with Gasteiger partial charge in [0.1, 0.15) is 0 Å². The first-order valence-corrected chi connectivity index (χ1v) is 6.56. The van der Waals surface area contributed by atoms with Crippen LogP contribution in [-0.2, 0) is 4.74 Å². The molecule has 96 valence electrons. The predicted molar refractivity (Wildman–Crippen MR) is 68.8 cm³/mol. The first kappa shape index (κ1) is 13.9. The lowest BCUT2D eigenvalue weighted by atomic mass is 10.1. The highest BCUT2D eigenvalue weighted by Gasteiger charge is 2.29. The summed E-state index contributed by atoms with van der Waals surface area (Å²) in [5.74, 6) is 0. The molecule has 1 rings (SSSR count). The number of rotatable bonds is 5. The van der Waals surface area contributed by atoms with Crippen LogP contribution in [0.4, 0.5) is 0 Å². The van der Waals surface area contributed by atoms with Gasteiger partial charge in [-0.15, -0.1) is 0 Å². The smallest absolute Gasteiger partial charge is 0.0753 e. The molecule has 2 atom stereocenters. The van der Waals surface area contributed by atoms with Gasteiger partial charge in [-0.25, -0.2) is 0 Å². The lowest BCUT2D eigenvalue weighted by Gasteiger charge is -2.41. The van der Waals surface area contributed by atoms with Crippen molar-refractivity contribution in [3.05, 3.63) is 0 Å². The Hall–Kier alpha value is -0.120. The minimum atomic E-state index is 0.0167. The molecule has 0 amide bonds. The van der Waals surface area contributed by atoms with Gasteiger partial charge in [-0.2, -0.15) is 0 Å². The Labute approximate surface area is 101 Å². The fourth-order valence-corrected chi connectivity index (χ4v) is 2.07. The van der Waals surface area contributed by atoms with Gasteiger partial charge in [-0.1, -0.05) is 6.92 Å². The van der Waals surface area contributed by atoms with Gasteiger partial charge in [0.05, 0.1) is 12.2 Å². The normalized spacial score (nSPS) is 25.3. The van der Waals surface area contributed by atoms with Crippen LogP contribution in [0.2, 0.25) is 0 Å². The van der Waals surface area contributed by atoms with Crippen LogP contribution >= 0.6 is 0 Å². The summed E-state index contributed by atoms with van der Waals surface area (Å²) in [7, 11) is 0. The van der Waals surface area contributed by atoms with Gasteiger partial charge in [0, 0.05) is 31.7 Å². The van der Waals surface area contributed by atoms with Crippen LogP contribution in [0.5, 0.6) is 0 Å². The van der Waals surface area contributed by atoms with Gasteiger partial charge in [-0.05, 0) is 34.1 Å². The zero-order valence-corrected chi connectivity index (χ0v) is 11.5. The molecule has 1 aliphatic rings. The standard InChI is InChI=1S/C13H28N2O/c1-6-11(2)14-9-12(3)15-7-8-16-13(4,5)10-15/h11-12,14H,6-10H2,1-5H3. The van der Waals surface area contributed by atoms with Crippen LogP contribution < -0.4 is 5.32 Å². The van der Waals surface area contributed by atoms with Crippen LogP contribution in [0.15, 0.2) is 0 Å². The quantitative estimate of drug-likeness (QED) is 0.777. The molecule has 0 bridgehead atoms. The maximum atomic E-state index is 5.73. The largest absolute Gasteiger partial charge is 0.373 e. The number of hydrogen-bond acceptors (Lipinski definition) is 3. The maximum Gasteiger partial charge on any atom is 0.0753 e. The zero-order chi connectivity index (χ0) is 12.2. The molecule has 3 heteroatoms. The fourth-order valence-electron chi connectivity index (χ4n) is 2.07. The summed E-state index contributed by atoms with van der Waals surface area (Å²) < 4.78 is 5.73. The second-order valence-electron chi connectivity index (χ2n) is 5.65. The van der Waals surface area contributed by atoms with E-state index in [1.807, 2.05) is 0 Å². The zero-order valence-electron chi connectivity index (χ0n) is 11.5. The van der Waals surface area contributed by atoms with Crippen molar-refractivity contribution in [3.8, 4) is 0 Å². The molecule has 1 N–H and O–H groups in total. The van der Waals surface area contributed by atoms with Crippen LogP contribution in [0.1, 0.15) is 41.0 Å². The van der Waals surface area contributed by atoms with Gasteiger partial charge in [0.15, 0.2) is 0 Å². The van der Waals surface area contributed by atoms with Crippen LogP contribution in [-0.4, -0.2) is 48.8 Å². The molecule has 0 saturated carbocycles. The molecule has 2 unspecified atom stereocenters. The maximum absolute atomic E-state index is 5.73. The van der Waals surface area contributed by atoms with Gasteiger partial charge < -0.3 is 10.1 Å². The SMILES string of the molecule is CCC(C)NCC(C)N1CCOC(C)(C)C1. The van der Waals surface area contributed by atoms with E-state index in [1.54, 1.807) is 0 Å². The Morgan fingerprint density at radius 3 is 2.62 bits per heavy atom. The summed E-state index contributed by atoms with van der Waals surface area (Å²) in [6.07, 6.45) is 1.20. The Kier molecular flexibility index (Phi) is 5.22. The van der Waals surface area contributed by atoms with E-state index in [0.717, 1.165) is 26.2 Å². The number of ether oxygens (including phenoxy) is 1. The first-order valence-electron chi connectivity index (χ1n) is 6.56. The molecule has 3 nitrogen and oxygen atoms in total. The van der Waals surface area contributed by atoms with Crippen molar-refractivity contribution in [2.45, 2.75) is 58.7 Å². The topological polar surface area (TPSA) is 24.5 Å². The number of hydrogen-bond donors (Lipinski definition) is 1. The Morgan fingerprint density at radius 1 is 1.38 bits per heavy atom. The monoisotopic (exact) mass is 228 g/mol. The number of nitrogens with zero attached hydrogens (tertiary/aromatic N) is 1. The third kappa shape index (κ3) is 4.40. The van der Waals surface area contributed by atoms with E-state index in [1.165, 1.54) is 6.42 Å². The molecular formula is C13H28N2O. The van der Waals surface area contributed by atoms with Gasteiger partial charge >= 0.3 is 0 Å². The summed E-state index contributed by atoms with van der Waals surface area (Å²) in [5, 5.41) is 3.57. The van der Waals surface area contributed by atoms with E-state index in [4.69, 9.17) is 4.74 Å². The van der Waals surface area contributed by atoms with E-state index in [-0.39, 0.29) is 5.60 Å². The van der Waals surface area contributed by atoms with Gasteiger partial charge in [0.2, 0.25) is 0 Å². The summed E-state index contributed by atoms with van der Waals surface area (Å²) in [5.41, 5.74) is 0.0167. The average molecular weight is 228 g/mol. The lowest BCUT2D eigenvalue weighted by molar-refractivity contribution is -0.0951. The Morgan fingerprint density at radius 2 is 2.06 bits per heavy atom. The van der Waals surface area contributed by atoms with E-state index < -0.39 is 0 Å². The molecule has 0 spiro atoms. The minimum absolute atomic E-state index is 0.0167. The molecule has 1 fully saturated rings. The number of morpholine rings is 1. The second-order valence-corrected chi connectivity index (χ2v) is 5.65. The molecule has 1 aliphatic heterocycles. The van der Waals surface area contributed by atoms with Gasteiger partial charge in [-0.3, -0.25) is 4.90 Å². The van der Waals surface area contributed by atoms with E-state index in [9.17, 15) is 0 Å². The summed E-state index contributed by atoms with van der Waals surface area (Å²) in [6, 6.07) is 1.22. The van der Waals surface area contributed by atoms with E-state index in [2.05, 4.69) is 44.8 Å². The summed E-state index contributed by atoms with van der Waals surface area (Å²) in [6.45, 7) is 15.2. The molecule has 0 aromatic rings. The highest BCUT2D eigenvalue weighted by molar-refractivity contribution is 4.83.